The first-order valence-corrected chi connectivity index (χ1v) is 21.0. The molecule has 4 heteroatoms. The minimum absolute atomic E-state index is 0.400. The third-order valence-corrected chi connectivity index (χ3v) is 12.4. The number of nitrogens with one attached hydrogen (secondary N) is 2. The fourth-order valence-corrected chi connectivity index (χ4v) is 9.49. The van der Waals surface area contributed by atoms with Crippen LogP contribution in [0.15, 0.2) is 0 Å². The van der Waals surface area contributed by atoms with E-state index < -0.39 is 0 Å². The third kappa shape index (κ3) is 12.7. The van der Waals surface area contributed by atoms with Gasteiger partial charge >= 0.3 is 0 Å². The molecular formula is C41H84N4. The van der Waals surface area contributed by atoms with Crippen molar-refractivity contribution in [3.63, 3.8) is 0 Å². The van der Waals surface area contributed by atoms with Crippen LogP contribution >= 0.6 is 0 Å². The van der Waals surface area contributed by atoms with Gasteiger partial charge < -0.3 is 10.6 Å². The zero-order valence-electron chi connectivity index (χ0n) is 32.1. The molecular weight excluding hydrogens is 550 g/mol. The maximum atomic E-state index is 4.24. The van der Waals surface area contributed by atoms with Crippen molar-refractivity contribution in [2.75, 3.05) is 39.3 Å². The molecule has 2 rings (SSSR count). The Labute approximate surface area is 284 Å². The van der Waals surface area contributed by atoms with Gasteiger partial charge in [-0.15, -0.1) is 0 Å². The van der Waals surface area contributed by atoms with Gasteiger partial charge in [0.15, 0.2) is 0 Å². The van der Waals surface area contributed by atoms with E-state index in [4.69, 9.17) is 0 Å². The molecule has 0 heterocycles. The van der Waals surface area contributed by atoms with Gasteiger partial charge in [0.2, 0.25) is 0 Å². The average molecular weight is 635 g/mol. The molecule has 0 aromatic rings. The largest absolute Gasteiger partial charge is 0.302 e. The number of hydrogen-bond donors (Lipinski definition) is 2. The summed E-state index contributed by atoms with van der Waals surface area (Å²) < 4.78 is 0. The van der Waals surface area contributed by atoms with Crippen LogP contribution in [-0.4, -0.2) is 66.3 Å². The summed E-state index contributed by atoms with van der Waals surface area (Å²) in [5.41, 5.74) is 0.799. The summed E-state index contributed by atoms with van der Waals surface area (Å²) in [4.78, 5) is 6.04. The molecule has 0 aromatic carbocycles. The summed E-state index contributed by atoms with van der Waals surface area (Å²) in [7, 11) is 0. The molecule has 0 aromatic heterocycles. The van der Waals surface area contributed by atoms with Gasteiger partial charge in [-0.25, -0.2) is 0 Å². The van der Waals surface area contributed by atoms with E-state index >= 15 is 0 Å². The third-order valence-electron chi connectivity index (χ3n) is 12.4. The fourth-order valence-electron chi connectivity index (χ4n) is 9.49. The maximum absolute atomic E-state index is 4.24. The highest BCUT2D eigenvalue weighted by Crippen LogP contribution is 2.43. The van der Waals surface area contributed by atoms with Gasteiger partial charge in [0.1, 0.15) is 0 Å². The molecule has 2 aliphatic carbocycles. The SMILES string of the molecule is CCCCC(NCC(CC)C1([15N](CCCC)CCCC)CCCCC1)NCC(CC)C1([15N](CCCC)CCCC)CCCCC1. The Kier molecular flexibility index (Phi) is 21.9. The summed E-state index contributed by atoms with van der Waals surface area (Å²) >= 11 is 0. The Hall–Kier alpha value is -0.160. The predicted molar refractivity (Wildman–Crippen MR) is 201 cm³/mol. The summed E-state index contributed by atoms with van der Waals surface area (Å²) in [5, 5.41) is 8.47. The molecule has 0 amide bonds. The van der Waals surface area contributed by atoms with Gasteiger partial charge in [-0.05, 0) is 95.8 Å². The van der Waals surface area contributed by atoms with Crippen LogP contribution in [0.3, 0.4) is 0 Å². The number of hydrogen-bond acceptors (Lipinski definition) is 4. The highest BCUT2D eigenvalue weighted by Gasteiger charge is 2.44. The minimum Gasteiger partial charge on any atom is -0.302 e. The first-order chi connectivity index (χ1) is 22.0. The first-order valence-electron chi connectivity index (χ1n) is 21.0. The molecule has 0 radical (unpaired) electrons. The van der Waals surface area contributed by atoms with Crippen molar-refractivity contribution in [2.24, 2.45) is 11.8 Å². The van der Waals surface area contributed by atoms with Gasteiger partial charge in [-0.1, -0.05) is 138 Å². The van der Waals surface area contributed by atoms with Crippen LogP contribution in [0.1, 0.15) is 196 Å². The van der Waals surface area contributed by atoms with Crippen molar-refractivity contribution in [3.05, 3.63) is 0 Å². The van der Waals surface area contributed by atoms with Crippen LogP contribution in [0, 0.1) is 11.8 Å². The fraction of sp³-hybridized carbons (Fsp3) is 1.00. The molecule has 268 valence electrons. The van der Waals surface area contributed by atoms with Crippen LogP contribution in [0.2, 0.25) is 0 Å². The van der Waals surface area contributed by atoms with E-state index in [1.54, 1.807) is 0 Å². The molecule has 2 atom stereocenters. The van der Waals surface area contributed by atoms with E-state index in [1.165, 1.54) is 187 Å². The molecule has 0 bridgehead atoms. The Bertz CT molecular complexity index is 613. The lowest BCUT2D eigenvalue weighted by Crippen LogP contribution is -2.60. The van der Waals surface area contributed by atoms with Crippen LogP contribution < -0.4 is 10.6 Å². The van der Waals surface area contributed by atoms with Crippen molar-refractivity contribution in [1.82, 2.24) is 20.4 Å². The normalized spacial score (nSPS) is 20.5. The van der Waals surface area contributed by atoms with Gasteiger partial charge in [0.25, 0.3) is 0 Å². The van der Waals surface area contributed by atoms with Crippen LogP contribution in [-0.2, 0) is 0 Å². The highest BCUT2D eigenvalue weighted by atomic mass is 15.9. The number of unbranched alkanes of at least 4 members (excludes halogenated alkanes) is 5. The Balaban J connectivity index is 2.23. The van der Waals surface area contributed by atoms with E-state index in [9.17, 15) is 0 Å². The predicted octanol–water partition coefficient (Wildman–Crippen LogP) is 10.9. The van der Waals surface area contributed by atoms with Crippen molar-refractivity contribution < 1.29 is 0 Å². The van der Waals surface area contributed by atoms with Gasteiger partial charge in [-0.2, -0.15) is 0 Å². The topological polar surface area (TPSA) is 30.5 Å². The standard InChI is InChI=1S/C41H84N4/c1-8-15-26-39(42-35-37(13-6)40(27-22-20-23-28-40)44(31-16-9-2)32-17-10-3)43-36-38(14-7)41(29-24-21-25-30-41)45(33-18-11-4)34-19-12-5/h37-39,42-43H,8-36H2,1-7H3/i44+1,45+1. The lowest BCUT2D eigenvalue weighted by Gasteiger charge is -2.52. The molecule has 2 aliphatic rings. The van der Waals surface area contributed by atoms with Crippen molar-refractivity contribution in [1.29, 1.82) is 0 Å². The Morgan fingerprint density at radius 2 is 0.800 bits per heavy atom. The molecule has 0 saturated heterocycles. The van der Waals surface area contributed by atoms with Gasteiger partial charge in [-0.3, -0.25) is 9.80 Å². The van der Waals surface area contributed by atoms with Gasteiger partial charge in [0.05, 0.1) is 6.17 Å². The molecule has 4 nitrogen and oxygen atoms in total. The monoisotopic (exact) mass is 635 g/mol. The molecule has 2 fully saturated rings. The molecule has 2 unspecified atom stereocenters. The maximum Gasteiger partial charge on any atom is 0.0571 e. The van der Waals surface area contributed by atoms with E-state index in [2.05, 4.69) is 68.9 Å². The molecule has 45 heavy (non-hydrogen) atoms. The van der Waals surface area contributed by atoms with Gasteiger partial charge in [0, 0.05) is 24.2 Å². The average Bonchev–Trinajstić information content (AvgIpc) is 3.08. The van der Waals surface area contributed by atoms with Crippen molar-refractivity contribution in [3.8, 4) is 0 Å². The molecule has 0 spiro atoms. The zero-order chi connectivity index (χ0) is 32.8. The molecule has 2 N–H and O–H groups in total. The Morgan fingerprint density at radius 1 is 0.467 bits per heavy atom. The van der Waals surface area contributed by atoms with Crippen molar-refractivity contribution >= 4 is 0 Å². The highest BCUT2D eigenvalue weighted by molar-refractivity contribution is 5.01. The minimum atomic E-state index is 0.400. The number of nitrogens with zero attached hydrogens (tertiary/aromatic N) is 2. The quantitative estimate of drug-likeness (QED) is 0.0695. The summed E-state index contributed by atoms with van der Waals surface area (Å²) in [5.74, 6) is 1.48. The van der Waals surface area contributed by atoms with E-state index in [0.29, 0.717) is 17.2 Å². The second-order valence-corrected chi connectivity index (χ2v) is 15.4. The lowest BCUT2D eigenvalue weighted by atomic mass is 9.72. The Morgan fingerprint density at radius 3 is 1.09 bits per heavy atom. The lowest BCUT2D eigenvalue weighted by molar-refractivity contribution is -0.0105. The molecule has 0 aliphatic heterocycles. The van der Waals surface area contributed by atoms with Crippen LogP contribution in [0.25, 0.3) is 0 Å². The van der Waals surface area contributed by atoms with Crippen molar-refractivity contribution in [2.45, 2.75) is 213 Å². The van der Waals surface area contributed by atoms with Crippen LogP contribution in [0.4, 0.5) is 0 Å². The van der Waals surface area contributed by atoms with E-state index in [0.717, 1.165) is 11.8 Å². The summed E-state index contributed by atoms with van der Waals surface area (Å²) in [6, 6.07) is 0. The smallest absolute Gasteiger partial charge is 0.0571 e. The van der Waals surface area contributed by atoms with E-state index in [-0.39, 0.29) is 0 Å². The van der Waals surface area contributed by atoms with E-state index in [1.807, 2.05) is 0 Å². The molecule has 2 saturated carbocycles. The summed E-state index contributed by atoms with van der Waals surface area (Å²) in [6.45, 7) is 24.4. The second-order valence-electron chi connectivity index (χ2n) is 15.4. The first kappa shape index (κ1) is 41.0. The summed E-state index contributed by atoms with van der Waals surface area (Å²) in [6.07, 6.45) is 31.8. The number of rotatable bonds is 27. The zero-order valence-corrected chi connectivity index (χ0v) is 32.1. The van der Waals surface area contributed by atoms with Crippen LogP contribution in [0.5, 0.6) is 0 Å². The second kappa shape index (κ2) is 24.0.